The smallest absolute Gasteiger partial charge is 0.347 e. The fourth-order valence-electron chi connectivity index (χ4n) is 0.742. The summed E-state index contributed by atoms with van der Waals surface area (Å²) in [5.41, 5.74) is 5.08. The molecular weight excluding hydrogens is 166 g/mol. The van der Waals surface area contributed by atoms with Crippen molar-refractivity contribution in [3.63, 3.8) is 0 Å². The van der Waals surface area contributed by atoms with Gasteiger partial charge in [0.15, 0.2) is 5.69 Å². The van der Waals surface area contributed by atoms with Gasteiger partial charge in [-0.3, -0.25) is 0 Å². The van der Waals surface area contributed by atoms with E-state index < -0.39 is 4.92 Å². The molecule has 0 radical (unpaired) electrons. The average molecular weight is 171 g/mol. The third-order valence-corrected chi connectivity index (χ3v) is 1.17. The fraction of sp³-hybridized carbons (Fsp3) is 0.250. The monoisotopic (exact) mass is 171 g/mol. The van der Waals surface area contributed by atoms with Crippen LogP contribution in [0.4, 0.5) is 11.8 Å². The molecular formula is C4H5N5O3. The van der Waals surface area contributed by atoms with Crippen molar-refractivity contribution in [1.29, 1.82) is 0 Å². The molecule has 0 amide bonds. The number of nitrogen functional groups attached to an aromatic ring is 1. The molecule has 0 aliphatic carbocycles. The van der Waals surface area contributed by atoms with E-state index in [0.29, 0.717) is 0 Å². The summed E-state index contributed by atoms with van der Waals surface area (Å²) in [6.45, 7) is -0.357. The van der Waals surface area contributed by atoms with Gasteiger partial charge in [-0.1, -0.05) is 5.18 Å². The SMILES string of the molecule is Nc1nc(CN=O)c([N+](=O)[O-])[nH]1. The van der Waals surface area contributed by atoms with Crippen molar-refractivity contribution < 1.29 is 4.92 Å². The molecule has 0 fully saturated rings. The zero-order valence-corrected chi connectivity index (χ0v) is 5.85. The Morgan fingerprint density at radius 1 is 1.75 bits per heavy atom. The zero-order chi connectivity index (χ0) is 9.14. The Hall–Kier alpha value is -1.99. The summed E-state index contributed by atoms with van der Waals surface area (Å²) < 4.78 is 0. The molecule has 0 bridgehead atoms. The number of nitrogens with two attached hydrogens (primary N) is 1. The Morgan fingerprint density at radius 3 is 2.92 bits per heavy atom. The number of nitrogens with one attached hydrogen (secondary N) is 1. The molecule has 1 heterocycles. The maximum absolute atomic E-state index is 10.2. The van der Waals surface area contributed by atoms with E-state index in [1.54, 1.807) is 0 Å². The number of imidazole rings is 1. The number of nitrogens with zero attached hydrogens (tertiary/aromatic N) is 3. The number of H-pyrrole nitrogens is 1. The summed E-state index contributed by atoms with van der Waals surface area (Å²) in [5.74, 6) is -0.479. The van der Waals surface area contributed by atoms with Crippen LogP contribution in [0, 0.1) is 15.0 Å². The second-order valence-corrected chi connectivity index (χ2v) is 1.96. The lowest BCUT2D eigenvalue weighted by atomic mass is 10.4. The van der Waals surface area contributed by atoms with Crippen molar-refractivity contribution in [2.45, 2.75) is 6.54 Å². The maximum Gasteiger partial charge on any atom is 0.347 e. The number of hydrogen-bond donors (Lipinski definition) is 2. The fourth-order valence-corrected chi connectivity index (χ4v) is 0.742. The third-order valence-electron chi connectivity index (χ3n) is 1.17. The van der Waals surface area contributed by atoms with Crippen LogP contribution in [0.5, 0.6) is 0 Å². The Morgan fingerprint density at radius 2 is 2.42 bits per heavy atom. The molecule has 0 spiro atoms. The van der Waals surface area contributed by atoms with Crippen molar-refractivity contribution in [3.05, 3.63) is 20.7 Å². The van der Waals surface area contributed by atoms with Gasteiger partial charge in [-0.25, -0.2) is 4.98 Å². The molecule has 0 saturated heterocycles. The zero-order valence-electron chi connectivity index (χ0n) is 5.85. The van der Waals surface area contributed by atoms with E-state index >= 15 is 0 Å². The standard InChI is InChI=1S/C4H5N5O3/c5-4-7-2(1-6-10)3(8-4)9(11)12/h1H2,(H3,5,7,8). The molecule has 0 saturated carbocycles. The van der Waals surface area contributed by atoms with Gasteiger partial charge < -0.3 is 15.8 Å². The number of aromatic amines is 1. The van der Waals surface area contributed by atoms with Crippen molar-refractivity contribution in [3.8, 4) is 0 Å². The van der Waals surface area contributed by atoms with E-state index in [1.165, 1.54) is 0 Å². The molecule has 8 nitrogen and oxygen atoms in total. The lowest BCUT2D eigenvalue weighted by Gasteiger charge is -1.89. The summed E-state index contributed by atoms with van der Waals surface area (Å²) in [6, 6.07) is 0. The number of nitroso groups, excluding NO2 is 1. The average Bonchev–Trinajstić information content (AvgIpc) is 2.32. The normalized spacial score (nSPS) is 9.67. The minimum atomic E-state index is -0.704. The first-order chi connectivity index (χ1) is 5.65. The van der Waals surface area contributed by atoms with Gasteiger partial charge in [-0.2, -0.15) is 9.89 Å². The van der Waals surface area contributed by atoms with E-state index in [0.717, 1.165) is 0 Å². The molecule has 0 aliphatic rings. The Labute approximate surface area is 65.9 Å². The lowest BCUT2D eigenvalue weighted by Crippen LogP contribution is -1.92. The van der Waals surface area contributed by atoms with E-state index in [1.807, 2.05) is 0 Å². The first-order valence-corrected chi connectivity index (χ1v) is 2.93. The van der Waals surface area contributed by atoms with Gasteiger partial charge in [0, 0.05) is 0 Å². The summed E-state index contributed by atoms with van der Waals surface area (Å²) in [4.78, 5) is 25.0. The van der Waals surface area contributed by atoms with E-state index in [4.69, 9.17) is 5.73 Å². The summed E-state index contributed by atoms with van der Waals surface area (Å²) in [5, 5.41) is 12.7. The molecule has 0 aromatic carbocycles. The van der Waals surface area contributed by atoms with E-state index in [-0.39, 0.29) is 24.0 Å². The largest absolute Gasteiger partial charge is 0.358 e. The number of rotatable bonds is 3. The topological polar surface area (TPSA) is 127 Å². The van der Waals surface area contributed by atoms with Crippen LogP contribution in [0.25, 0.3) is 0 Å². The second-order valence-electron chi connectivity index (χ2n) is 1.96. The van der Waals surface area contributed by atoms with E-state index in [9.17, 15) is 15.0 Å². The van der Waals surface area contributed by atoms with Crippen LogP contribution in [0.3, 0.4) is 0 Å². The van der Waals surface area contributed by atoms with Crippen LogP contribution < -0.4 is 5.73 Å². The van der Waals surface area contributed by atoms with Gasteiger partial charge >= 0.3 is 5.82 Å². The van der Waals surface area contributed by atoms with Crippen molar-refractivity contribution in [2.24, 2.45) is 5.18 Å². The van der Waals surface area contributed by atoms with Crippen LogP contribution in [0.1, 0.15) is 5.69 Å². The number of aromatic nitrogens is 2. The minimum absolute atomic E-state index is 0.0486. The third kappa shape index (κ3) is 1.36. The lowest BCUT2D eigenvalue weighted by molar-refractivity contribution is -0.389. The van der Waals surface area contributed by atoms with E-state index in [2.05, 4.69) is 15.1 Å². The van der Waals surface area contributed by atoms with Gasteiger partial charge in [-0.15, -0.1) is 0 Å². The van der Waals surface area contributed by atoms with Crippen molar-refractivity contribution >= 4 is 11.8 Å². The molecule has 1 rings (SSSR count). The molecule has 12 heavy (non-hydrogen) atoms. The highest BCUT2D eigenvalue weighted by Gasteiger charge is 2.17. The van der Waals surface area contributed by atoms with Crippen LogP contribution >= 0.6 is 0 Å². The quantitative estimate of drug-likeness (QED) is 0.380. The molecule has 8 heteroatoms. The number of hydrogen-bond acceptors (Lipinski definition) is 6. The van der Waals surface area contributed by atoms with Gasteiger partial charge in [0.05, 0.1) is 0 Å². The first-order valence-electron chi connectivity index (χ1n) is 2.93. The van der Waals surface area contributed by atoms with Crippen LogP contribution in [-0.4, -0.2) is 14.9 Å². The molecule has 3 N–H and O–H groups in total. The molecule has 1 aromatic rings. The number of nitro groups is 1. The molecule has 64 valence electrons. The van der Waals surface area contributed by atoms with Gasteiger partial charge in [0.2, 0.25) is 0 Å². The first kappa shape index (κ1) is 8.11. The molecule has 0 unspecified atom stereocenters. The Kier molecular flexibility index (Phi) is 1.99. The van der Waals surface area contributed by atoms with Gasteiger partial charge in [0.25, 0.3) is 5.95 Å². The Balaban J connectivity index is 3.07. The summed E-state index contributed by atoms with van der Waals surface area (Å²) in [6.07, 6.45) is 0. The van der Waals surface area contributed by atoms with Gasteiger partial charge in [-0.05, 0) is 4.92 Å². The van der Waals surface area contributed by atoms with Crippen LogP contribution in [0.15, 0.2) is 5.18 Å². The maximum atomic E-state index is 10.2. The van der Waals surface area contributed by atoms with Crippen molar-refractivity contribution in [1.82, 2.24) is 9.97 Å². The summed E-state index contributed by atoms with van der Waals surface area (Å²) >= 11 is 0. The number of anilines is 1. The van der Waals surface area contributed by atoms with Crippen LogP contribution in [-0.2, 0) is 6.54 Å². The molecule has 0 aliphatic heterocycles. The highest BCUT2D eigenvalue weighted by atomic mass is 16.6. The predicted molar refractivity (Wildman–Crippen MR) is 39.2 cm³/mol. The highest BCUT2D eigenvalue weighted by molar-refractivity contribution is 5.35. The predicted octanol–water partition coefficient (Wildman–Crippen LogP) is 0.166. The van der Waals surface area contributed by atoms with Gasteiger partial charge in [0.1, 0.15) is 6.54 Å². The summed E-state index contributed by atoms with van der Waals surface area (Å²) in [7, 11) is 0. The Bertz CT molecular complexity index is 318. The van der Waals surface area contributed by atoms with Crippen LogP contribution in [0.2, 0.25) is 0 Å². The minimum Gasteiger partial charge on any atom is -0.358 e. The molecule has 0 atom stereocenters. The second kappa shape index (κ2) is 2.95. The van der Waals surface area contributed by atoms with Crippen molar-refractivity contribution in [2.75, 3.05) is 5.73 Å². The molecule has 1 aromatic heterocycles. The highest BCUT2D eigenvalue weighted by Crippen LogP contribution is 2.16.